The smallest absolute Gasteiger partial charge is 0.251 e. The zero-order chi connectivity index (χ0) is 17.9. The van der Waals surface area contributed by atoms with Gasteiger partial charge in [-0.3, -0.25) is 4.79 Å². The largest absolute Gasteiger partial charge is 0.348 e. The lowest BCUT2D eigenvalue weighted by Gasteiger charge is -2.12. The van der Waals surface area contributed by atoms with E-state index < -0.39 is 15.9 Å². The van der Waals surface area contributed by atoms with Crippen molar-refractivity contribution in [2.24, 2.45) is 0 Å². The van der Waals surface area contributed by atoms with Gasteiger partial charge in [0.25, 0.3) is 5.91 Å². The van der Waals surface area contributed by atoms with Crippen LogP contribution in [0.4, 0.5) is 0 Å². The minimum Gasteiger partial charge on any atom is -0.348 e. The summed E-state index contributed by atoms with van der Waals surface area (Å²) < 4.78 is 25.3. The van der Waals surface area contributed by atoms with Crippen LogP contribution >= 0.6 is 23.2 Å². The predicted molar refractivity (Wildman–Crippen MR) is 94.9 cm³/mol. The summed E-state index contributed by atoms with van der Waals surface area (Å²) in [5, 5.41) is 3.67. The lowest BCUT2D eigenvalue weighted by Crippen LogP contribution is -2.25. The molecule has 24 heavy (non-hydrogen) atoms. The molecule has 1 N–H and O–H groups in total. The molecule has 0 heterocycles. The van der Waals surface area contributed by atoms with Gasteiger partial charge in [-0.15, -0.1) is 0 Å². The quantitative estimate of drug-likeness (QED) is 0.857. The molecule has 0 atom stereocenters. The molecule has 0 aliphatic carbocycles. The van der Waals surface area contributed by atoms with Gasteiger partial charge in [0.2, 0.25) is 10.0 Å². The molecule has 0 aliphatic heterocycles. The minimum absolute atomic E-state index is 0.0599. The molecule has 0 fully saturated rings. The van der Waals surface area contributed by atoms with Gasteiger partial charge >= 0.3 is 0 Å². The Bertz CT molecular complexity index is 867. The Morgan fingerprint density at radius 3 is 2.46 bits per heavy atom. The van der Waals surface area contributed by atoms with E-state index in [1.807, 2.05) is 0 Å². The highest BCUT2D eigenvalue weighted by Crippen LogP contribution is 2.21. The predicted octanol–water partition coefficient (Wildman–Crippen LogP) is 3.17. The summed E-state index contributed by atoms with van der Waals surface area (Å²) in [4.78, 5) is 12.3. The van der Waals surface area contributed by atoms with Crippen LogP contribution in [-0.4, -0.2) is 32.7 Å². The minimum atomic E-state index is -3.59. The molecule has 0 radical (unpaired) electrons. The third kappa shape index (κ3) is 4.27. The van der Waals surface area contributed by atoms with Crippen LogP contribution in [0.25, 0.3) is 0 Å². The van der Waals surface area contributed by atoms with Gasteiger partial charge in [-0.1, -0.05) is 35.3 Å². The van der Waals surface area contributed by atoms with Gasteiger partial charge in [0, 0.05) is 36.2 Å². The Hall–Kier alpha value is -1.60. The molecular weight excluding hydrogens is 371 g/mol. The molecule has 0 saturated carbocycles. The summed E-state index contributed by atoms with van der Waals surface area (Å²) in [6.45, 7) is 0.208. The maximum Gasteiger partial charge on any atom is 0.251 e. The second-order valence-corrected chi connectivity index (χ2v) is 8.23. The van der Waals surface area contributed by atoms with E-state index in [0.717, 1.165) is 4.31 Å². The van der Waals surface area contributed by atoms with Crippen molar-refractivity contribution in [2.75, 3.05) is 14.1 Å². The van der Waals surface area contributed by atoms with Gasteiger partial charge < -0.3 is 5.32 Å². The lowest BCUT2D eigenvalue weighted by molar-refractivity contribution is 0.0950. The number of carbonyl (C=O) groups excluding carboxylic acids is 1. The van der Waals surface area contributed by atoms with Crippen LogP contribution in [-0.2, 0) is 16.6 Å². The van der Waals surface area contributed by atoms with Gasteiger partial charge in [0.05, 0.1) is 4.90 Å². The first-order chi connectivity index (χ1) is 11.2. The molecule has 0 aliphatic rings. The molecule has 2 aromatic rings. The number of nitrogens with one attached hydrogen (secondary N) is 1. The molecule has 2 aromatic carbocycles. The molecule has 5 nitrogen and oxygen atoms in total. The summed E-state index contributed by atoms with van der Waals surface area (Å²) in [5.41, 5.74) is 0.967. The molecule has 0 bridgehead atoms. The number of amides is 1. The Kier molecular flexibility index (Phi) is 5.87. The number of nitrogens with zero attached hydrogens (tertiary/aromatic N) is 1. The van der Waals surface area contributed by atoms with E-state index >= 15 is 0 Å². The molecule has 2 rings (SSSR count). The maximum atomic E-state index is 12.3. The zero-order valence-electron chi connectivity index (χ0n) is 13.1. The van der Waals surface area contributed by atoms with Crippen LogP contribution in [0.2, 0.25) is 10.0 Å². The van der Waals surface area contributed by atoms with E-state index in [1.54, 1.807) is 24.3 Å². The highest BCUT2D eigenvalue weighted by atomic mass is 35.5. The highest BCUT2D eigenvalue weighted by Gasteiger charge is 2.18. The zero-order valence-corrected chi connectivity index (χ0v) is 15.4. The maximum absolute atomic E-state index is 12.3. The molecular formula is C16H16Cl2N2O3S. The van der Waals surface area contributed by atoms with Crippen molar-refractivity contribution in [1.29, 1.82) is 0 Å². The number of rotatable bonds is 5. The third-order valence-electron chi connectivity index (χ3n) is 3.33. The van der Waals surface area contributed by atoms with E-state index in [-0.39, 0.29) is 17.0 Å². The Balaban J connectivity index is 2.16. The number of carbonyl (C=O) groups is 1. The summed E-state index contributed by atoms with van der Waals surface area (Å²) in [7, 11) is -0.724. The van der Waals surface area contributed by atoms with Crippen molar-refractivity contribution >= 4 is 39.1 Å². The number of hydrogen-bond acceptors (Lipinski definition) is 3. The highest BCUT2D eigenvalue weighted by molar-refractivity contribution is 7.89. The molecule has 1 amide bonds. The molecule has 0 aromatic heterocycles. The van der Waals surface area contributed by atoms with Gasteiger partial charge in [0.1, 0.15) is 0 Å². The van der Waals surface area contributed by atoms with E-state index in [0.29, 0.717) is 15.6 Å². The number of hydrogen-bond donors (Lipinski definition) is 1. The van der Waals surface area contributed by atoms with E-state index in [9.17, 15) is 13.2 Å². The van der Waals surface area contributed by atoms with Crippen LogP contribution in [0.15, 0.2) is 47.4 Å². The van der Waals surface area contributed by atoms with Crippen LogP contribution in [0.1, 0.15) is 15.9 Å². The molecule has 0 unspecified atom stereocenters. The van der Waals surface area contributed by atoms with Crippen molar-refractivity contribution in [2.45, 2.75) is 11.4 Å². The average Bonchev–Trinajstić information content (AvgIpc) is 2.53. The monoisotopic (exact) mass is 386 g/mol. The van der Waals surface area contributed by atoms with Crippen LogP contribution in [0.3, 0.4) is 0 Å². The van der Waals surface area contributed by atoms with Gasteiger partial charge in [-0.25, -0.2) is 12.7 Å². The van der Waals surface area contributed by atoms with E-state index in [1.165, 1.54) is 32.3 Å². The normalized spacial score (nSPS) is 11.5. The summed E-state index contributed by atoms with van der Waals surface area (Å²) in [6.07, 6.45) is 0. The van der Waals surface area contributed by atoms with Crippen LogP contribution < -0.4 is 5.32 Å². The summed E-state index contributed by atoms with van der Waals surface area (Å²) in [6, 6.07) is 10.9. The molecule has 0 saturated heterocycles. The van der Waals surface area contributed by atoms with E-state index in [2.05, 4.69) is 5.32 Å². The van der Waals surface area contributed by atoms with Crippen molar-refractivity contribution in [1.82, 2.24) is 9.62 Å². The Morgan fingerprint density at radius 2 is 1.83 bits per heavy atom. The first-order valence-corrected chi connectivity index (χ1v) is 9.16. The number of sulfonamides is 1. The van der Waals surface area contributed by atoms with Crippen LogP contribution in [0, 0.1) is 0 Å². The lowest BCUT2D eigenvalue weighted by atomic mass is 10.2. The van der Waals surface area contributed by atoms with Gasteiger partial charge in [-0.2, -0.15) is 0 Å². The second-order valence-electron chi connectivity index (χ2n) is 5.23. The fourth-order valence-corrected chi connectivity index (χ4v) is 3.37. The molecule has 128 valence electrons. The fraction of sp³-hybridized carbons (Fsp3) is 0.188. The van der Waals surface area contributed by atoms with Gasteiger partial charge in [0.15, 0.2) is 0 Å². The molecule has 0 spiro atoms. The molecule has 8 heteroatoms. The first-order valence-electron chi connectivity index (χ1n) is 6.96. The van der Waals surface area contributed by atoms with Crippen LogP contribution in [0.5, 0.6) is 0 Å². The number of benzene rings is 2. The summed E-state index contributed by atoms with van der Waals surface area (Å²) in [5.74, 6) is -0.392. The Labute approximate surface area is 151 Å². The van der Waals surface area contributed by atoms with E-state index in [4.69, 9.17) is 23.2 Å². The third-order valence-corrected chi connectivity index (χ3v) is 5.73. The standard InChI is InChI=1S/C16H16Cl2N2O3S/c1-20(2)24(22,23)14-5-3-4-11(8-14)16(21)19-10-12-6-7-13(17)9-15(12)18/h3-9H,10H2,1-2H3,(H,19,21). The Morgan fingerprint density at radius 1 is 1.12 bits per heavy atom. The van der Waals surface area contributed by atoms with Crippen molar-refractivity contribution in [3.8, 4) is 0 Å². The van der Waals surface area contributed by atoms with Crippen molar-refractivity contribution in [3.05, 3.63) is 63.6 Å². The van der Waals surface area contributed by atoms with Gasteiger partial charge in [-0.05, 0) is 35.9 Å². The summed E-state index contributed by atoms with van der Waals surface area (Å²) >= 11 is 11.9. The fourth-order valence-electron chi connectivity index (χ4n) is 1.95. The van der Waals surface area contributed by atoms with Crippen molar-refractivity contribution in [3.63, 3.8) is 0 Å². The average molecular weight is 387 g/mol. The first kappa shape index (κ1) is 18.7. The number of halogens is 2. The van der Waals surface area contributed by atoms with Crippen molar-refractivity contribution < 1.29 is 13.2 Å². The SMILES string of the molecule is CN(C)S(=O)(=O)c1cccc(C(=O)NCc2ccc(Cl)cc2Cl)c1. The second kappa shape index (κ2) is 7.53. The topological polar surface area (TPSA) is 66.5 Å².